The maximum Gasteiger partial charge on any atom is 0.256 e. The minimum absolute atomic E-state index is 0.0959. The lowest BCUT2D eigenvalue weighted by Gasteiger charge is -2.05. The summed E-state index contributed by atoms with van der Waals surface area (Å²) in [6.07, 6.45) is 0.288. The second-order valence-electron chi connectivity index (χ2n) is 3.07. The summed E-state index contributed by atoms with van der Waals surface area (Å²) < 4.78 is 4.73. The summed E-state index contributed by atoms with van der Waals surface area (Å²) in [4.78, 5) is 10.7. The van der Waals surface area contributed by atoms with Crippen molar-refractivity contribution in [1.29, 1.82) is 10.8 Å². The number of ether oxygens (including phenoxy) is 1. The average molecular weight is 204 g/mol. The lowest BCUT2D eigenvalue weighted by Crippen LogP contribution is -2.18. The van der Waals surface area contributed by atoms with Crippen molar-refractivity contribution in [3.8, 4) is 0 Å². The van der Waals surface area contributed by atoms with Crippen molar-refractivity contribution >= 4 is 17.6 Å². The lowest BCUT2D eigenvalue weighted by molar-refractivity contribution is -0.112. The van der Waals surface area contributed by atoms with Crippen LogP contribution in [0.5, 0.6) is 0 Å². The average Bonchev–Trinajstić information content (AvgIpc) is 2.18. The van der Waals surface area contributed by atoms with E-state index in [-0.39, 0.29) is 12.3 Å². The molecule has 0 aliphatic rings. The second-order valence-corrected chi connectivity index (χ2v) is 3.07. The van der Waals surface area contributed by atoms with Gasteiger partial charge in [-0.15, -0.1) is 0 Å². The molecule has 0 spiro atoms. The third-order valence-corrected chi connectivity index (χ3v) is 1.75. The SMILES string of the molecule is CC(=O)C(=N)OC(=N)Cc1ccccc1. The number of hydrogen-bond donors (Lipinski definition) is 2. The van der Waals surface area contributed by atoms with E-state index in [0.717, 1.165) is 5.56 Å². The molecule has 0 amide bonds. The molecule has 0 aromatic heterocycles. The Bertz CT molecular complexity index is 385. The molecule has 0 atom stereocenters. The molecule has 1 aromatic carbocycles. The molecule has 0 bridgehead atoms. The molecular weight excluding hydrogens is 192 g/mol. The molecule has 78 valence electrons. The fraction of sp³-hybridized carbons (Fsp3) is 0.182. The highest BCUT2D eigenvalue weighted by Gasteiger charge is 2.08. The molecule has 0 unspecified atom stereocenters. The number of benzene rings is 1. The van der Waals surface area contributed by atoms with Gasteiger partial charge in [0, 0.05) is 13.3 Å². The van der Waals surface area contributed by atoms with Gasteiger partial charge in [-0.05, 0) is 5.56 Å². The number of ketones is 1. The van der Waals surface area contributed by atoms with Crippen molar-refractivity contribution in [2.24, 2.45) is 0 Å². The van der Waals surface area contributed by atoms with Gasteiger partial charge in [0.2, 0.25) is 5.78 Å². The van der Waals surface area contributed by atoms with Crippen molar-refractivity contribution in [2.45, 2.75) is 13.3 Å². The van der Waals surface area contributed by atoms with Gasteiger partial charge in [-0.3, -0.25) is 15.6 Å². The molecule has 0 radical (unpaired) electrons. The number of Topliss-reactive ketones (excluding diaryl/α,β-unsaturated/α-hetero) is 1. The summed E-state index contributed by atoms with van der Waals surface area (Å²) in [6, 6.07) is 9.31. The van der Waals surface area contributed by atoms with Crippen molar-refractivity contribution < 1.29 is 9.53 Å². The van der Waals surface area contributed by atoms with Crippen LogP contribution in [-0.4, -0.2) is 17.6 Å². The summed E-state index contributed by atoms with van der Waals surface area (Å²) >= 11 is 0. The van der Waals surface area contributed by atoms with E-state index < -0.39 is 11.7 Å². The molecule has 1 aromatic rings. The van der Waals surface area contributed by atoms with Gasteiger partial charge in [0.15, 0.2) is 5.90 Å². The summed E-state index contributed by atoms with van der Waals surface area (Å²) in [5.74, 6) is -1.06. The highest BCUT2D eigenvalue weighted by molar-refractivity contribution is 6.35. The predicted molar refractivity (Wildman–Crippen MR) is 57.4 cm³/mol. The van der Waals surface area contributed by atoms with Gasteiger partial charge in [0.05, 0.1) is 0 Å². The van der Waals surface area contributed by atoms with Crippen LogP contribution in [0.2, 0.25) is 0 Å². The summed E-state index contributed by atoms with van der Waals surface area (Å²) in [7, 11) is 0. The van der Waals surface area contributed by atoms with Crippen LogP contribution in [0.25, 0.3) is 0 Å². The Kier molecular flexibility index (Phi) is 3.74. The van der Waals surface area contributed by atoms with E-state index in [1.807, 2.05) is 30.3 Å². The van der Waals surface area contributed by atoms with Gasteiger partial charge >= 0.3 is 0 Å². The van der Waals surface area contributed by atoms with Crippen LogP contribution in [0, 0.1) is 10.8 Å². The zero-order valence-corrected chi connectivity index (χ0v) is 8.41. The molecule has 0 saturated carbocycles. The van der Waals surface area contributed by atoms with Crippen LogP contribution in [-0.2, 0) is 16.0 Å². The van der Waals surface area contributed by atoms with E-state index in [2.05, 4.69) is 0 Å². The van der Waals surface area contributed by atoms with Gasteiger partial charge in [-0.1, -0.05) is 30.3 Å². The first-order valence-corrected chi connectivity index (χ1v) is 4.48. The van der Waals surface area contributed by atoms with Crippen molar-refractivity contribution in [3.63, 3.8) is 0 Å². The van der Waals surface area contributed by atoms with E-state index >= 15 is 0 Å². The molecule has 0 fully saturated rings. The van der Waals surface area contributed by atoms with Crippen molar-refractivity contribution in [3.05, 3.63) is 35.9 Å². The number of carbonyl (C=O) groups is 1. The Morgan fingerprint density at radius 2 is 1.87 bits per heavy atom. The third kappa shape index (κ3) is 3.72. The predicted octanol–water partition coefficient (Wildman–Crippen LogP) is 1.79. The standard InChI is InChI=1S/C11H12N2O2/c1-8(14)11(13)15-10(12)7-9-5-3-2-4-6-9/h2-6,12-13H,7H2,1H3. The summed E-state index contributed by atoms with van der Waals surface area (Å²) in [5.41, 5.74) is 0.916. The van der Waals surface area contributed by atoms with Gasteiger partial charge in [0.1, 0.15) is 0 Å². The van der Waals surface area contributed by atoms with Crippen LogP contribution in [0.15, 0.2) is 30.3 Å². The van der Waals surface area contributed by atoms with E-state index in [4.69, 9.17) is 15.6 Å². The molecule has 2 N–H and O–H groups in total. The van der Waals surface area contributed by atoms with Crippen LogP contribution in [0.4, 0.5) is 0 Å². The Hall–Kier alpha value is -1.97. The Labute approximate surface area is 87.9 Å². The van der Waals surface area contributed by atoms with Gasteiger partial charge in [-0.2, -0.15) is 0 Å². The first-order valence-electron chi connectivity index (χ1n) is 4.48. The summed E-state index contributed by atoms with van der Waals surface area (Å²) in [6.45, 7) is 1.23. The Morgan fingerprint density at radius 1 is 1.27 bits per heavy atom. The van der Waals surface area contributed by atoms with Gasteiger partial charge in [-0.25, -0.2) is 0 Å². The monoisotopic (exact) mass is 204 g/mol. The highest BCUT2D eigenvalue weighted by atomic mass is 16.5. The van der Waals surface area contributed by atoms with E-state index in [0.29, 0.717) is 0 Å². The fourth-order valence-electron chi connectivity index (χ4n) is 1.01. The molecule has 4 nitrogen and oxygen atoms in total. The minimum Gasteiger partial charge on any atom is -0.422 e. The molecule has 15 heavy (non-hydrogen) atoms. The van der Waals surface area contributed by atoms with E-state index in [9.17, 15) is 4.79 Å². The summed E-state index contributed by atoms with van der Waals surface area (Å²) in [5, 5.41) is 14.6. The minimum atomic E-state index is -0.490. The second kappa shape index (κ2) is 5.05. The normalized spacial score (nSPS) is 9.40. The first-order chi connectivity index (χ1) is 7.09. The van der Waals surface area contributed by atoms with E-state index in [1.165, 1.54) is 6.92 Å². The number of carbonyl (C=O) groups excluding carboxylic acids is 1. The Balaban J connectivity index is 2.51. The zero-order chi connectivity index (χ0) is 11.3. The van der Waals surface area contributed by atoms with Crippen LogP contribution in [0.3, 0.4) is 0 Å². The first kappa shape index (κ1) is 11.1. The number of rotatable bonds is 3. The quantitative estimate of drug-likeness (QED) is 0.581. The maximum atomic E-state index is 10.7. The van der Waals surface area contributed by atoms with Gasteiger partial charge in [0.25, 0.3) is 5.90 Å². The molecule has 1 rings (SSSR count). The van der Waals surface area contributed by atoms with E-state index in [1.54, 1.807) is 0 Å². The molecule has 0 heterocycles. The third-order valence-electron chi connectivity index (χ3n) is 1.75. The van der Waals surface area contributed by atoms with Crippen molar-refractivity contribution in [1.82, 2.24) is 0 Å². The Morgan fingerprint density at radius 3 is 2.40 bits per heavy atom. The molecule has 4 heteroatoms. The highest BCUT2D eigenvalue weighted by Crippen LogP contribution is 2.01. The van der Waals surface area contributed by atoms with Gasteiger partial charge < -0.3 is 4.74 Å². The van der Waals surface area contributed by atoms with Crippen LogP contribution < -0.4 is 0 Å². The molecule has 0 saturated heterocycles. The largest absolute Gasteiger partial charge is 0.422 e. The zero-order valence-electron chi connectivity index (χ0n) is 8.41. The number of hydrogen-bond acceptors (Lipinski definition) is 4. The van der Waals surface area contributed by atoms with Crippen molar-refractivity contribution in [2.75, 3.05) is 0 Å². The number of nitrogens with one attached hydrogen (secondary N) is 2. The van der Waals surface area contributed by atoms with Crippen LogP contribution >= 0.6 is 0 Å². The fourth-order valence-corrected chi connectivity index (χ4v) is 1.01. The maximum absolute atomic E-state index is 10.7. The van der Waals surface area contributed by atoms with Crippen LogP contribution in [0.1, 0.15) is 12.5 Å². The lowest BCUT2D eigenvalue weighted by atomic mass is 10.1. The molecular formula is C11H12N2O2. The topological polar surface area (TPSA) is 74.0 Å². The molecule has 0 aliphatic heterocycles. The smallest absolute Gasteiger partial charge is 0.256 e. The molecule has 0 aliphatic carbocycles.